The first-order valence-electron chi connectivity index (χ1n) is 12.0. The molecule has 1 saturated heterocycles. The van der Waals surface area contributed by atoms with Crippen LogP contribution < -0.4 is 14.2 Å². The van der Waals surface area contributed by atoms with E-state index in [1.165, 1.54) is 0 Å². The molecular formula is C26H34N2O6S. The van der Waals surface area contributed by atoms with Gasteiger partial charge in [-0.05, 0) is 63.2 Å². The van der Waals surface area contributed by atoms with E-state index in [-0.39, 0.29) is 23.9 Å². The highest BCUT2D eigenvalue weighted by Gasteiger charge is 2.49. The van der Waals surface area contributed by atoms with Crippen molar-refractivity contribution in [2.45, 2.75) is 50.1 Å². The molecule has 1 aliphatic heterocycles. The summed E-state index contributed by atoms with van der Waals surface area (Å²) in [5.74, 6) is 0.924. The van der Waals surface area contributed by atoms with Crippen LogP contribution in [0.3, 0.4) is 0 Å². The lowest BCUT2D eigenvalue weighted by Crippen LogP contribution is -2.49. The van der Waals surface area contributed by atoms with E-state index in [9.17, 15) is 13.2 Å². The monoisotopic (exact) mass is 502 g/mol. The normalized spacial score (nSPS) is 23.9. The molecule has 2 fully saturated rings. The average Bonchev–Trinajstić information content (AvgIpc) is 3.14. The molecule has 0 bridgehead atoms. The molecule has 4 unspecified atom stereocenters. The van der Waals surface area contributed by atoms with Crippen LogP contribution in [0.5, 0.6) is 11.5 Å². The molecule has 2 aromatic rings. The van der Waals surface area contributed by atoms with Crippen LogP contribution in [0.2, 0.25) is 0 Å². The quantitative estimate of drug-likeness (QED) is 0.526. The number of likely N-dealkylation sites (N-methyl/N-ethyl adjacent to an activating group) is 1. The van der Waals surface area contributed by atoms with E-state index in [1.54, 1.807) is 43.5 Å². The Morgan fingerprint density at radius 2 is 1.71 bits per heavy atom. The summed E-state index contributed by atoms with van der Waals surface area (Å²) in [6.07, 6.45) is 2.58. The molecule has 1 aliphatic carbocycles. The summed E-state index contributed by atoms with van der Waals surface area (Å²) in [6, 6.07) is 14.4. The second-order valence-corrected chi connectivity index (χ2v) is 11.3. The highest BCUT2D eigenvalue weighted by atomic mass is 32.2. The first kappa shape index (κ1) is 25.5. The van der Waals surface area contributed by atoms with Gasteiger partial charge in [-0.15, -0.1) is 0 Å². The van der Waals surface area contributed by atoms with Crippen molar-refractivity contribution < 1.29 is 27.4 Å². The van der Waals surface area contributed by atoms with E-state index >= 15 is 0 Å². The molecule has 4 atom stereocenters. The Hall–Kier alpha value is -2.62. The van der Waals surface area contributed by atoms with Gasteiger partial charge in [0.2, 0.25) is 10.0 Å². The molecule has 2 aromatic carbocycles. The Bertz CT molecular complexity index is 1100. The third kappa shape index (κ3) is 6.15. The number of methoxy groups -OCH3 is 1. The van der Waals surface area contributed by atoms with Gasteiger partial charge in [0, 0.05) is 12.5 Å². The number of carbonyl (C=O) groups excluding carboxylic acids is 1. The molecular weight excluding hydrogens is 468 g/mol. The van der Waals surface area contributed by atoms with Crippen molar-refractivity contribution >= 4 is 16.0 Å². The minimum Gasteiger partial charge on any atom is -0.497 e. The van der Waals surface area contributed by atoms with Crippen LogP contribution in [0.25, 0.3) is 0 Å². The van der Waals surface area contributed by atoms with Gasteiger partial charge in [0.1, 0.15) is 24.2 Å². The third-order valence-corrected chi connectivity index (χ3v) is 8.82. The molecule has 0 aromatic heterocycles. The lowest BCUT2D eigenvalue weighted by molar-refractivity contribution is 0.0000494. The Kier molecular flexibility index (Phi) is 7.98. The number of sulfonamides is 1. The van der Waals surface area contributed by atoms with Crippen molar-refractivity contribution in [1.82, 2.24) is 9.62 Å². The van der Waals surface area contributed by atoms with E-state index in [4.69, 9.17) is 14.2 Å². The van der Waals surface area contributed by atoms with Gasteiger partial charge in [-0.2, -0.15) is 4.72 Å². The fourth-order valence-corrected chi connectivity index (χ4v) is 7.05. The zero-order valence-electron chi connectivity index (χ0n) is 20.5. The van der Waals surface area contributed by atoms with Crippen molar-refractivity contribution in [3.05, 3.63) is 59.7 Å². The standard InChI is InChI=1S/C26H34N2O6S/c1-18-8-10-19(11-9-18)26(29)34-22(17-33-21-14-12-20(32-3)13-15-21)16-28(2)25-23-6-4-5-7-24(23)35(30,31)27-25/h8-15,22-25,27H,4-7,16-17H2,1-3H3. The summed E-state index contributed by atoms with van der Waals surface area (Å²) in [7, 11) is 0.111. The SMILES string of the molecule is COc1ccc(OCC(CN(C)C2NS(=O)(=O)C3CCCCC23)OC(=O)c2ccc(C)cc2)cc1. The van der Waals surface area contributed by atoms with Crippen molar-refractivity contribution in [1.29, 1.82) is 0 Å². The smallest absolute Gasteiger partial charge is 0.338 e. The predicted molar refractivity (Wildman–Crippen MR) is 133 cm³/mol. The summed E-state index contributed by atoms with van der Waals surface area (Å²) >= 11 is 0. The zero-order valence-corrected chi connectivity index (χ0v) is 21.3. The average molecular weight is 503 g/mol. The number of ether oxygens (including phenoxy) is 3. The maximum absolute atomic E-state index is 12.9. The molecule has 35 heavy (non-hydrogen) atoms. The van der Waals surface area contributed by atoms with E-state index in [0.29, 0.717) is 24.3 Å². The molecule has 8 nitrogen and oxygen atoms in total. The molecule has 1 saturated carbocycles. The van der Waals surface area contributed by atoms with Gasteiger partial charge in [0.25, 0.3) is 0 Å². The molecule has 1 N–H and O–H groups in total. The molecule has 4 rings (SSSR count). The Balaban J connectivity index is 1.47. The predicted octanol–water partition coefficient (Wildman–Crippen LogP) is 3.36. The third-order valence-electron chi connectivity index (χ3n) is 6.87. The summed E-state index contributed by atoms with van der Waals surface area (Å²) in [5, 5.41) is -0.354. The number of nitrogens with zero attached hydrogens (tertiary/aromatic N) is 1. The second kappa shape index (κ2) is 11.0. The Labute approximate surface area is 207 Å². The minimum absolute atomic E-state index is 0.0229. The van der Waals surface area contributed by atoms with Gasteiger partial charge >= 0.3 is 5.97 Å². The van der Waals surface area contributed by atoms with Crippen LogP contribution in [-0.4, -0.2) is 64.1 Å². The lowest BCUT2D eigenvalue weighted by atomic mass is 9.86. The van der Waals surface area contributed by atoms with Gasteiger partial charge in [0.05, 0.1) is 24.1 Å². The van der Waals surface area contributed by atoms with Gasteiger partial charge in [-0.25, -0.2) is 13.2 Å². The number of hydrogen-bond donors (Lipinski definition) is 1. The van der Waals surface area contributed by atoms with Gasteiger partial charge in [-0.1, -0.05) is 30.5 Å². The summed E-state index contributed by atoms with van der Waals surface area (Å²) in [4.78, 5) is 14.8. The van der Waals surface area contributed by atoms with Crippen LogP contribution in [-0.2, 0) is 14.8 Å². The van der Waals surface area contributed by atoms with Crippen LogP contribution in [0.1, 0.15) is 41.6 Å². The molecule has 1 heterocycles. The number of nitrogens with one attached hydrogen (secondary N) is 1. The topological polar surface area (TPSA) is 94.2 Å². The maximum atomic E-state index is 12.9. The summed E-state index contributed by atoms with van der Waals surface area (Å²) in [6.45, 7) is 2.41. The highest BCUT2D eigenvalue weighted by Crippen LogP contribution is 2.37. The van der Waals surface area contributed by atoms with Gasteiger partial charge < -0.3 is 14.2 Å². The maximum Gasteiger partial charge on any atom is 0.338 e. The largest absolute Gasteiger partial charge is 0.497 e. The van der Waals surface area contributed by atoms with Crippen molar-refractivity contribution in [2.24, 2.45) is 5.92 Å². The highest BCUT2D eigenvalue weighted by molar-refractivity contribution is 7.90. The number of fused-ring (bicyclic) bond motifs is 1. The number of hydrogen-bond acceptors (Lipinski definition) is 7. The van der Waals surface area contributed by atoms with Crippen molar-refractivity contribution in [2.75, 3.05) is 27.3 Å². The number of carbonyl (C=O) groups is 1. The second-order valence-electron chi connectivity index (χ2n) is 9.41. The number of benzene rings is 2. The van der Waals surface area contributed by atoms with Crippen LogP contribution in [0, 0.1) is 12.8 Å². The first-order chi connectivity index (χ1) is 16.8. The van der Waals surface area contributed by atoms with E-state index in [0.717, 1.165) is 30.6 Å². The number of aryl methyl sites for hydroxylation is 1. The van der Waals surface area contributed by atoms with Crippen LogP contribution in [0.4, 0.5) is 0 Å². The number of esters is 1. The molecule has 2 aliphatic rings. The first-order valence-corrected chi connectivity index (χ1v) is 13.6. The van der Waals surface area contributed by atoms with E-state index in [1.807, 2.05) is 31.0 Å². The lowest BCUT2D eigenvalue weighted by Gasteiger charge is -2.33. The van der Waals surface area contributed by atoms with Gasteiger partial charge in [-0.3, -0.25) is 4.90 Å². The fraction of sp³-hybridized carbons (Fsp3) is 0.500. The molecule has 190 valence electrons. The molecule has 0 radical (unpaired) electrons. The van der Waals surface area contributed by atoms with Crippen LogP contribution in [0.15, 0.2) is 48.5 Å². The summed E-state index contributed by atoms with van der Waals surface area (Å²) < 4.78 is 45.2. The molecule has 0 spiro atoms. The van der Waals surface area contributed by atoms with Crippen molar-refractivity contribution in [3.63, 3.8) is 0 Å². The van der Waals surface area contributed by atoms with E-state index in [2.05, 4.69) is 4.72 Å². The Morgan fingerprint density at radius 3 is 2.40 bits per heavy atom. The fourth-order valence-electron chi connectivity index (χ4n) is 4.96. The van der Waals surface area contributed by atoms with Gasteiger partial charge in [0.15, 0.2) is 0 Å². The molecule has 0 amide bonds. The summed E-state index contributed by atoms with van der Waals surface area (Å²) in [5.41, 5.74) is 1.51. The van der Waals surface area contributed by atoms with Crippen LogP contribution >= 0.6 is 0 Å². The number of rotatable bonds is 9. The Morgan fingerprint density at radius 1 is 1.06 bits per heavy atom. The molecule has 9 heteroatoms. The van der Waals surface area contributed by atoms with Crippen molar-refractivity contribution in [3.8, 4) is 11.5 Å². The minimum atomic E-state index is -3.35. The zero-order chi connectivity index (χ0) is 25.0. The van der Waals surface area contributed by atoms with E-state index < -0.39 is 22.1 Å².